The standard InChI is InChI=1S/C15H21NO4S/c1-10-8-12(11(2)21-10)4-3-5-14(17)16-6-7-20-13(9-16)15(18)19/h8,13H,3-7,9H2,1-2H3,(H,18,19)/t13-/m1/s1. The first kappa shape index (κ1) is 16.0. The molecule has 1 aromatic rings. The maximum atomic E-state index is 12.1. The monoisotopic (exact) mass is 311 g/mol. The molecule has 0 unspecified atom stereocenters. The van der Waals surface area contributed by atoms with E-state index < -0.39 is 12.1 Å². The fourth-order valence-electron chi connectivity index (χ4n) is 2.55. The topological polar surface area (TPSA) is 66.8 Å². The highest BCUT2D eigenvalue weighted by molar-refractivity contribution is 7.12. The molecule has 1 aromatic heterocycles. The van der Waals surface area contributed by atoms with Crippen LogP contribution >= 0.6 is 11.3 Å². The van der Waals surface area contributed by atoms with E-state index in [9.17, 15) is 9.59 Å². The highest BCUT2D eigenvalue weighted by Crippen LogP contribution is 2.22. The first-order chi connectivity index (χ1) is 9.97. The number of aryl methyl sites for hydroxylation is 3. The zero-order valence-electron chi connectivity index (χ0n) is 12.4. The molecule has 0 radical (unpaired) electrons. The van der Waals surface area contributed by atoms with Gasteiger partial charge in [-0.25, -0.2) is 4.79 Å². The maximum absolute atomic E-state index is 12.1. The van der Waals surface area contributed by atoms with Crippen LogP contribution in [0, 0.1) is 13.8 Å². The Morgan fingerprint density at radius 2 is 2.24 bits per heavy atom. The van der Waals surface area contributed by atoms with Gasteiger partial charge in [0.25, 0.3) is 0 Å². The molecule has 21 heavy (non-hydrogen) atoms. The molecule has 0 saturated carbocycles. The number of aliphatic carboxylic acids is 1. The molecule has 116 valence electrons. The molecule has 2 heterocycles. The number of rotatable bonds is 5. The number of carbonyl (C=O) groups is 2. The van der Waals surface area contributed by atoms with Crippen molar-refractivity contribution < 1.29 is 19.4 Å². The summed E-state index contributed by atoms with van der Waals surface area (Å²) in [6, 6.07) is 2.18. The van der Waals surface area contributed by atoms with Crippen molar-refractivity contribution in [1.82, 2.24) is 4.90 Å². The van der Waals surface area contributed by atoms with Crippen molar-refractivity contribution in [2.24, 2.45) is 0 Å². The van der Waals surface area contributed by atoms with Crippen LogP contribution < -0.4 is 0 Å². The summed E-state index contributed by atoms with van der Waals surface area (Å²) in [7, 11) is 0. The van der Waals surface area contributed by atoms with Crippen LogP contribution in [0.5, 0.6) is 0 Å². The van der Waals surface area contributed by atoms with Crippen LogP contribution in [0.2, 0.25) is 0 Å². The summed E-state index contributed by atoms with van der Waals surface area (Å²) in [5.41, 5.74) is 1.32. The molecule has 0 aromatic carbocycles. The van der Waals surface area contributed by atoms with Gasteiger partial charge in [-0.05, 0) is 38.3 Å². The average molecular weight is 311 g/mol. The van der Waals surface area contributed by atoms with E-state index in [1.54, 1.807) is 16.2 Å². The number of morpholine rings is 1. The van der Waals surface area contributed by atoms with Gasteiger partial charge in [0.15, 0.2) is 6.10 Å². The minimum atomic E-state index is -1.00. The minimum Gasteiger partial charge on any atom is -0.479 e. The molecule has 6 heteroatoms. The van der Waals surface area contributed by atoms with E-state index in [1.807, 2.05) is 0 Å². The zero-order valence-corrected chi connectivity index (χ0v) is 13.2. The Bertz CT molecular complexity index is 526. The smallest absolute Gasteiger partial charge is 0.334 e. The number of thiophene rings is 1. The number of hydrogen-bond acceptors (Lipinski definition) is 4. The van der Waals surface area contributed by atoms with Gasteiger partial charge in [-0.15, -0.1) is 11.3 Å². The van der Waals surface area contributed by atoms with Crippen molar-refractivity contribution in [1.29, 1.82) is 0 Å². The van der Waals surface area contributed by atoms with Crippen LogP contribution in [0.4, 0.5) is 0 Å². The van der Waals surface area contributed by atoms with Crippen LogP contribution in [-0.4, -0.2) is 47.7 Å². The highest BCUT2D eigenvalue weighted by atomic mass is 32.1. The summed E-state index contributed by atoms with van der Waals surface area (Å²) < 4.78 is 5.12. The number of hydrogen-bond donors (Lipinski definition) is 1. The summed E-state index contributed by atoms with van der Waals surface area (Å²) in [5, 5.41) is 8.93. The van der Waals surface area contributed by atoms with Gasteiger partial charge in [-0.3, -0.25) is 4.79 Å². The van der Waals surface area contributed by atoms with Crippen LogP contribution in [0.15, 0.2) is 6.07 Å². The molecular formula is C15H21NO4S. The van der Waals surface area contributed by atoms with E-state index >= 15 is 0 Å². The van der Waals surface area contributed by atoms with Gasteiger partial charge in [-0.2, -0.15) is 0 Å². The highest BCUT2D eigenvalue weighted by Gasteiger charge is 2.28. The van der Waals surface area contributed by atoms with Crippen LogP contribution in [-0.2, 0) is 20.7 Å². The van der Waals surface area contributed by atoms with Crippen LogP contribution in [0.3, 0.4) is 0 Å². The van der Waals surface area contributed by atoms with Crippen molar-refractivity contribution >= 4 is 23.2 Å². The Morgan fingerprint density at radius 3 is 2.86 bits per heavy atom. The van der Waals surface area contributed by atoms with E-state index in [1.165, 1.54) is 15.3 Å². The van der Waals surface area contributed by atoms with Crippen molar-refractivity contribution in [3.63, 3.8) is 0 Å². The number of ether oxygens (including phenoxy) is 1. The summed E-state index contributed by atoms with van der Waals surface area (Å²) in [6.07, 6.45) is 1.27. The number of amides is 1. The molecule has 1 saturated heterocycles. The Kier molecular flexibility index (Phi) is 5.36. The molecule has 1 amide bonds. The number of carboxylic acid groups (broad SMARTS) is 1. The Balaban J connectivity index is 1.79. The molecule has 1 fully saturated rings. The third-order valence-electron chi connectivity index (χ3n) is 3.68. The predicted molar refractivity (Wildman–Crippen MR) is 80.7 cm³/mol. The summed E-state index contributed by atoms with van der Waals surface area (Å²) in [4.78, 5) is 27.2. The fraction of sp³-hybridized carbons (Fsp3) is 0.600. The normalized spacial score (nSPS) is 18.8. The summed E-state index contributed by atoms with van der Waals surface area (Å²) in [6.45, 7) is 5.13. The molecular weight excluding hydrogens is 290 g/mol. The van der Waals surface area contributed by atoms with Gasteiger partial charge in [0.2, 0.25) is 5.91 Å². The van der Waals surface area contributed by atoms with E-state index in [2.05, 4.69) is 19.9 Å². The van der Waals surface area contributed by atoms with Gasteiger partial charge in [0.1, 0.15) is 0 Å². The third kappa shape index (κ3) is 4.28. The lowest BCUT2D eigenvalue weighted by Gasteiger charge is -2.30. The second-order valence-corrected chi connectivity index (χ2v) is 6.79. The minimum absolute atomic E-state index is 0.0224. The molecule has 0 aliphatic carbocycles. The summed E-state index contributed by atoms with van der Waals surface area (Å²) >= 11 is 1.78. The molecule has 0 spiro atoms. The maximum Gasteiger partial charge on any atom is 0.334 e. The van der Waals surface area contributed by atoms with Crippen molar-refractivity contribution in [3.8, 4) is 0 Å². The molecule has 0 bridgehead atoms. The van der Waals surface area contributed by atoms with Gasteiger partial charge < -0.3 is 14.7 Å². The quantitative estimate of drug-likeness (QED) is 0.903. The lowest BCUT2D eigenvalue weighted by Crippen LogP contribution is -2.48. The zero-order chi connectivity index (χ0) is 15.4. The Morgan fingerprint density at radius 1 is 1.48 bits per heavy atom. The van der Waals surface area contributed by atoms with E-state index in [0.717, 1.165) is 12.8 Å². The molecule has 1 atom stereocenters. The predicted octanol–water partition coefficient (Wildman–Crippen LogP) is 2.00. The van der Waals surface area contributed by atoms with Gasteiger partial charge in [0, 0.05) is 22.7 Å². The average Bonchev–Trinajstić information content (AvgIpc) is 2.77. The lowest BCUT2D eigenvalue weighted by molar-refractivity contribution is -0.159. The van der Waals surface area contributed by atoms with Crippen LogP contribution in [0.25, 0.3) is 0 Å². The van der Waals surface area contributed by atoms with Gasteiger partial charge >= 0.3 is 5.97 Å². The second kappa shape index (κ2) is 7.04. The Hall–Kier alpha value is -1.40. The first-order valence-corrected chi connectivity index (χ1v) is 7.97. The molecule has 2 rings (SSSR count). The van der Waals surface area contributed by atoms with E-state index in [4.69, 9.17) is 9.84 Å². The van der Waals surface area contributed by atoms with Crippen molar-refractivity contribution in [2.75, 3.05) is 19.7 Å². The van der Waals surface area contributed by atoms with E-state index in [-0.39, 0.29) is 12.5 Å². The lowest BCUT2D eigenvalue weighted by atomic mass is 10.1. The first-order valence-electron chi connectivity index (χ1n) is 7.15. The molecule has 1 aliphatic rings. The molecule has 1 N–H and O–H groups in total. The van der Waals surface area contributed by atoms with Gasteiger partial charge in [-0.1, -0.05) is 0 Å². The number of carbonyl (C=O) groups excluding carboxylic acids is 1. The molecule has 1 aliphatic heterocycles. The molecule has 5 nitrogen and oxygen atoms in total. The van der Waals surface area contributed by atoms with Gasteiger partial charge in [0.05, 0.1) is 13.2 Å². The fourth-order valence-corrected chi connectivity index (χ4v) is 3.52. The SMILES string of the molecule is Cc1cc(CCCC(=O)N2CCO[C@@H](C(=O)O)C2)c(C)s1. The Labute approximate surface area is 128 Å². The largest absolute Gasteiger partial charge is 0.479 e. The van der Waals surface area contributed by atoms with Crippen LogP contribution in [0.1, 0.15) is 28.2 Å². The van der Waals surface area contributed by atoms with Crippen molar-refractivity contribution in [3.05, 3.63) is 21.4 Å². The summed E-state index contributed by atoms with van der Waals surface area (Å²) in [5.74, 6) is -0.981. The van der Waals surface area contributed by atoms with E-state index in [0.29, 0.717) is 19.6 Å². The van der Waals surface area contributed by atoms with Crippen molar-refractivity contribution in [2.45, 2.75) is 39.2 Å². The number of nitrogens with zero attached hydrogens (tertiary/aromatic N) is 1. The third-order valence-corrected chi connectivity index (χ3v) is 4.68. The number of carboxylic acids is 1. The second-order valence-electron chi connectivity index (χ2n) is 5.33.